The number of rotatable bonds is 4. The van der Waals surface area contributed by atoms with Crippen LogP contribution in [-0.2, 0) is 4.74 Å². The maximum atomic E-state index is 5.47. The van der Waals surface area contributed by atoms with Crippen molar-refractivity contribution in [2.24, 2.45) is 0 Å². The molecule has 0 radical (unpaired) electrons. The van der Waals surface area contributed by atoms with Gasteiger partial charge in [0.1, 0.15) is 18.5 Å². The normalized spacial score (nSPS) is 14.1. The van der Waals surface area contributed by atoms with Crippen LogP contribution in [0.4, 0.5) is 17.2 Å². The van der Waals surface area contributed by atoms with Crippen LogP contribution in [0.2, 0.25) is 0 Å². The van der Waals surface area contributed by atoms with Gasteiger partial charge in [0.05, 0.1) is 36.8 Å². The molecule has 1 N–H and O–H groups in total. The molecule has 29 heavy (non-hydrogen) atoms. The van der Waals surface area contributed by atoms with Gasteiger partial charge < -0.3 is 15.0 Å². The molecule has 144 valence electrons. The van der Waals surface area contributed by atoms with Crippen LogP contribution >= 0.6 is 0 Å². The van der Waals surface area contributed by atoms with Gasteiger partial charge in [0, 0.05) is 24.2 Å². The average Bonchev–Trinajstić information content (AvgIpc) is 2.80. The monoisotopic (exact) mass is 384 g/mol. The number of fused-ring (bicyclic) bond motifs is 1. The Labute approximate surface area is 168 Å². The molecule has 1 aliphatic rings. The van der Waals surface area contributed by atoms with Crippen LogP contribution in [0, 0.1) is 0 Å². The molecule has 2 aromatic carbocycles. The molecule has 7 nitrogen and oxygen atoms in total. The second-order valence-electron chi connectivity index (χ2n) is 6.86. The quantitative estimate of drug-likeness (QED) is 0.575. The van der Waals surface area contributed by atoms with Crippen molar-refractivity contribution in [3.63, 3.8) is 0 Å². The zero-order valence-corrected chi connectivity index (χ0v) is 15.8. The SMILES string of the molecule is c1cc(-c2ccc3ncnc(Nc4cncnc4)c3c2)cc(N2CCOCC2)c1. The van der Waals surface area contributed by atoms with E-state index in [0.717, 1.165) is 59.8 Å². The molecule has 0 atom stereocenters. The molecule has 0 bridgehead atoms. The van der Waals surface area contributed by atoms with Crippen molar-refractivity contribution in [2.45, 2.75) is 0 Å². The minimum Gasteiger partial charge on any atom is -0.378 e. The lowest BCUT2D eigenvalue weighted by molar-refractivity contribution is 0.122. The van der Waals surface area contributed by atoms with E-state index in [4.69, 9.17) is 4.74 Å². The number of anilines is 3. The molecule has 0 unspecified atom stereocenters. The predicted molar refractivity (Wildman–Crippen MR) is 113 cm³/mol. The van der Waals surface area contributed by atoms with E-state index in [-0.39, 0.29) is 0 Å². The van der Waals surface area contributed by atoms with Gasteiger partial charge in [-0.2, -0.15) is 0 Å². The molecular formula is C22H20N6O. The molecule has 2 aromatic heterocycles. The fourth-order valence-corrected chi connectivity index (χ4v) is 3.54. The van der Waals surface area contributed by atoms with Gasteiger partial charge in [0.2, 0.25) is 0 Å². The summed E-state index contributed by atoms with van der Waals surface area (Å²) in [7, 11) is 0. The molecule has 0 spiro atoms. The van der Waals surface area contributed by atoms with Gasteiger partial charge in [0.15, 0.2) is 0 Å². The van der Waals surface area contributed by atoms with E-state index in [1.54, 1.807) is 18.7 Å². The molecule has 1 aliphatic heterocycles. The molecule has 0 amide bonds. The number of ether oxygens (including phenoxy) is 1. The number of hydrogen-bond acceptors (Lipinski definition) is 7. The van der Waals surface area contributed by atoms with E-state index < -0.39 is 0 Å². The Bertz CT molecular complexity index is 1130. The van der Waals surface area contributed by atoms with Crippen molar-refractivity contribution in [2.75, 3.05) is 36.5 Å². The highest BCUT2D eigenvalue weighted by atomic mass is 16.5. The largest absolute Gasteiger partial charge is 0.378 e. The van der Waals surface area contributed by atoms with Gasteiger partial charge in [-0.05, 0) is 35.4 Å². The van der Waals surface area contributed by atoms with E-state index in [1.165, 1.54) is 12.0 Å². The summed E-state index contributed by atoms with van der Waals surface area (Å²) in [6.45, 7) is 3.38. The summed E-state index contributed by atoms with van der Waals surface area (Å²) in [5.41, 5.74) is 5.16. The number of benzene rings is 2. The maximum absolute atomic E-state index is 5.47. The van der Waals surface area contributed by atoms with Crippen molar-refractivity contribution in [1.29, 1.82) is 0 Å². The van der Waals surface area contributed by atoms with Crippen molar-refractivity contribution in [3.05, 3.63) is 67.5 Å². The minimum absolute atomic E-state index is 0.732. The van der Waals surface area contributed by atoms with Crippen LogP contribution in [0.1, 0.15) is 0 Å². The molecular weight excluding hydrogens is 364 g/mol. The average molecular weight is 384 g/mol. The second kappa shape index (κ2) is 7.81. The van der Waals surface area contributed by atoms with Gasteiger partial charge >= 0.3 is 0 Å². The summed E-state index contributed by atoms with van der Waals surface area (Å²) in [4.78, 5) is 19.3. The van der Waals surface area contributed by atoms with Crippen LogP contribution in [0.15, 0.2) is 67.5 Å². The van der Waals surface area contributed by atoms with Gasteiger partial charge in [-0.3, -0.25) is 0 Å². The first-order valence-electron chi connectivity index (χ1n) is 9.57. The van der Waals surface area contributed by atoms with Crippen LogP contribution in [-0.4, -0.2) is 46.2 Å². The van der Waals surface area contributed by atoms with Gasteiger partial charge in [-0.15, -0.1) is 0 Å². The van der Waals surface area contributed by atoms with Gasteiger partial charge in [-0.1, -0.05) is 18.2 Å². The first-order chi connectivity index (χ1) is 14.4. The lowest BCUT2D eigenvalue weighted by Gasteiger charge is -2.29. The third-order valence-corrected chi connectivity index (χ3v) is 5.01. The molecule has 4 aromatic rings. The van der Waals surface area contributed by atoms with E-state index in [0.29, 0.717) is 0 Å². The number of hydrogen-bond donors (Lipinski definition) is 1. The van der Waals surface area contributed by atoms with E-state index in [9.17, 15) is 0 Å². The highest BCUT2D eigenvalue weighted by Crippen LogP contribution is 2.30. The van der Waals surface area contributed by atoms with Crippen LogP contribution < -0.4 is 10.2 Å². The summed E-state index contributed by atoms with van der Waals surface area (Å²) in [5, 5.41) is 4.24. The standard InChI is InChI=1S/C22H20N6O/c1-2-16(10-19(3-1)28-6-8-29-9-7-28)17-4-5-21-20(11-17)22(26-15-25-21)27-18-12-23-14-24-13-18/h1-5,10-15H,6-9H2,(H,25,26,27). The predicted octanol–water partition coefficient (Wildman–Crippen LogP) is 3.67. The Hall–Kier alpha value is -3.58. The number of morpholine rings is 1. The summed E-state index contributed by atoms with van der Waals surface area (Å²) >= 11 is 0. The van der Waals surface area contributed by atoms with E-state index >= 15 is 0 Å². The molecule has 1 fully saturated rings. The molecule has 7 heteroatoms. The third kappa shape index (κ3) is 3.72. The highest BCUT2D eigenvalue weighted by molar-refractivity contribution is 5.94. The Balaban J connectivity index is 1.52. The van der Waals surface area contributed by atoms with Crippen molar-refractivity contribution < 1.29 is 4.74 Å². The first-order valence-corrected chi connectivity index (χ1v) is 9.57. The first kappa shape index (κ1) is 17.5. The molecule has 1 saturated heterocycles. The van der Waals surface area contributed by atoms with Crippen LogP contribution in [0.3, 0.4) is 0 Å². The fraction of sp³-hybridized carbons (Fsp3) is 0.182. The van der Waals surface area contributed by atoms with Crippen molar-refractivity contribution in [1.82, 2.24) is 19.9 Å². The van der Waals surface area contributed by atoms with Gasteiger partial charge in [0.25, 0.3) is 0 Å². The van der Waals surface area contributed by atoms with Crippen LogP contribution in [0.25, 0.3) is 22.0 Å². The third-order valence-electron chi connectivity index (χ3n) is 5.01. The van der Waals surface area contributed by atoms with Crippen LogP contribution in [0.5, 0.6) is 0 Å². The fourth-order valence-electron chi connectivity index (χ4n) is 3.54. The van der Waals surface area contributed by atoms with Gasteiger partial charge in [-0.25, -0.2) is 19.9 Å². The maximum Gasteiger partial charge on any atom is 0.141 e. The molecule has 3 heterocycles. The lowest BCUT2D eigenvalue weighted by Crippen LogP contribution is -2.36. The number of nitrogens with zero attached hydrogens (tertiary/aromatic N) is 5. The summed E-state index contributed by atoms with van der Waals surface area (Å²) in [6, 6.07) is 14.9. The van der Waals surface area contributed by atoms with Crippen molar-refractivity contribution >= 4 is 28.1 Å². The number of nitrogens with one attached hydrogen (secondary N) is 1. The lowest BCUT2D eigenvalue weighted by atomic mass is 10.0. The molecule has 5 rings (SSSR count). The molecule has 0 aliphatic carbocycles. The second-order valence-corrected chi connectivity index (χ2v) is 6.86. The Morgan fingerprint density at radius 2 is 1.69 bits per heavy atom. The zero-order valence-electron chi connectivity index (χ0n) is 15.8. The number of aromatic nitrogens is 4. The van der Waals surface area contributed by atoms with E-state index in [1.807, 2.05) is 6.07 Å². The smallest absolute Gasteiger partial charge is 0.141 e. The van der Waals surface area contributed by atoms with Crippen molar-refractivity contribution in [3.8, 4) is 11.1 Å². The highest BCUT2D eigenvalue weighted by Gasteiger charge is 2.12. The molecule has 0 saturated carbocycles. The Morgan fingerprint density at radius 1 is 0.862 bits per heavy atom. The summed E-state index contributed by atoms with van der Waals surface area (Å²) < 4.78 is 5.47. The zero-order chi connectivity index (χ0) is 19.5. The summed E-state index contributed by atoms with van der Waals surface area (Å²) in [6.07, 6.45) is 6.50. The van der Waals surface area contributed by atoms with E-state index in [2.05, 4.69) is 66.6 Å². The topological polar surface area (TPSA) is 76.1 Å². The Kier molecular flexibility index (Phi) is 4.72. The Morgan fingerprint density at radius 3 is 2.55 bits per heavy atom. The summed E-state index contributed by atoms with van der Waals surface area (Å²) in [5.74, 6) is 0.732. The minimum atomic E-state index is 0.732.